The van der Waals surface area contributed by atoms with E-state index in [0.717, 1.165) is 5.75 Å². The summed E-state index contributed by atoms with van der Waals surface area (Å²) in [5.74, 6) is 0.162. The van der Waals surface area contributed by atoms with Gasteiger partial charge in [0.15, 0.2) is 0 Å². The van der Waals surface area contributed by atoms with E-state index in [9.17, 15) is 9.59 Å². The molecule has 0 aliphatic rings. The second-order valence-corrected chi connectivity index (χ2v) is 3.67. The van der Waals surface area contributed by atoms with Gasteiger partial charge in [-0.25, -0.2) is 0 Å². The van der Waals surface area contributed by atoms with E-state index in [1.165, 1.54) is 0 Å². The molecule has 98 valence electrons. The number of benzene rings is 1. The molecule has 2 amide bonds. The molecule has 0 fully saturated rings. The van der Waals surface area contributed by atoms with Gasteiger partial charge in [0.05, 0.1) is 13.7 Å². The summed E-state index contributed by atoms with van der Waals surface area (Å²) in [5, 5.41) is 5.53. The first kappa shape index (κ1) is 14.0. The Morgan fingerprint density at radius 3 is 2.50 bits per heavy atom. The Morgan fingerprint density at radius 1 is 1.28 bits per heavy atom. The minimum atomic E-state index is -0.391. The summed E-state index contributed by atoms with van der Waals surface area (Å²) >= 11 is 0. The van der Waals surface area contributed by atoms with Crippen LogP contribution in [0.1, 0.15) is 6.42 Å². The smallest absolute Gasteiger partial charge is 0.238 e. The molecule has 1 aromatic rings. The number of rotatable bonds is 7. The number of carbonyl (C=O) groups is 2. The highest BCUT2D eigenvalue weighted by atomic mass is 16.5. The van der Waals surface area contributed by atoms with Gasteiger partial charge in [-0.3, -0.25) is 9.59 Å². The second-order valence-electron chi connectivity index (χ2n) is 3.67. The van der Waals surface area contributed by atoms with Crippen LogP contribution < -0.4 is 21.1 Å². The van der Waals surface area contributed by atoms with Gasteiger partial charge in [0.1, 0.15) is 5.75 Å². The van der Waals surface area contributed by atoms with Crippen LogP contribution in [0.4, 0.5) is 5.69 Å². The zero-order chi connectivity index (χ0) is 13.4. The lowest BCUT2D eigenvalue weighted by Gasteiger charge is -2.07. The van der Waals surface area contributed by atoms with Crippen LogP contribution in [0, 0.1) is 0 Å². The first-order valence-corrected chi connectivity index (χ1v) is 5.54. The predicted octanol–water partition coefficient (Wildman–Crippen LogP) is 0.0987. The molecule has 0 aromatic heterocycles. The van der Waals surface area contributed by atoms with Gasteiger partial charge in [-0.2, -0.15) is 0 Å². The summed E-state index contributed by atoms with van der Waals surface area (Å²) in [6.07, 6.45) is 0.218. The SMILES string of the molecule is COc1ccc(NC(=O)CNCCC(N)=O)cc1. The van der Waals surface area contributed by atoms with Crippen LogP contribution in [0.25, 0.3) is 0 Å². The van der Waals surface area contributed by atoms with E-state index in [2.05, 4.69) is 10.6 Å². The number of ether oxygens (including phenoxy) is 1. The fourth-order valence-electron chi connectivity index (χ4n) is 1.29. The number of primary amides is 1. The van der Waals surface area contributed by atoms with E-state index in [-0.39, 0.29) is 18.9 Å². The lowest BCUT2D eigenvalue weighted by atomic mass is 10.3. The van der Waals surface area contributed by atoms with Crippen molar-refractivity contribution in [2.24, 2.45) is 5.73 Å². The Morgan fingerprint density at radius 2 is 1.94 bits per heavy atom. The van der Waals surface area contributed by atoms with Crippen molar-refractivity contribution in [3.05, 3.63) is 24.3 Å². The van der Waals surface area contributed by atoms with Crippen LogP contribution in [0.2, 0.25) is 0 Å². The van der Waals surface area contributed by atoms with Crippen LogP contribution in [0.3, 0.4) is 0 Å². The van der Waals surface area contributed by atoms with Crippen LogP contribution in [-0.2, 0) is 9.59 Å². The number of hydrogen-bond acceptors (Lipinski definition) is 4. The van der Waals surface area contributed by atoms with Gasteiger partial charge in [-0.05, 0) is 24.3 Å². The molecular formula is C12H17N3O3. The van der Waals surface area contributed by atoms with Crippen molar-refractivity contribution >= 4 is 17.5 Å². The van der Waals surface area contributed by atoms with Crippen molar-refractivity contribution in [2.75, 3.05) is 25.5 Å². The highest BCUT2D eigenvalue weighted by Gasteiger charge is 2.02. The Bertz CT molecular complexity index is 404. The molecule has 0 unspecified atom stereocenters. The van der Waals surface area contributed by atoms with E-state index in [1.807, 2.05) is 0 Å². The minimum Gasteiger partial charge on any atom is -0.497 e. The molecule has 0 aliphatic heterocycles. The molecule has 0 spiro atoms. The van der Waals surface area contributed by atoms with Crippen molar-refractivity contribution in [3.8, 4) is 5.75 Å². The molecule has 0 heterocycles. The van der Waals surface area contributed by atoms with Crippen LogP contribution in [0.5, 0.6) is 5.75 Å². The summed E-state index contributed by atoms with van der Waals surface area (Å²) in [5.41, 5.74) is 5.66. The lowest BCUT2D eigenvalue weighted by Crippen LogP contribution is -2.30. The standard InChI is InChI=1S/C12H17N3O3/c1-18-10-4-2-9(3-5-10)15-12(17)8-14-7-6-11(13)16/h2-5,14H,6-8H2,1H3,(H2,13,16)(H,15,17). The van der Waals surface area contributed by atoms with Crippen molar-refractivity contribution in [3.63, 3.8) is 0 Å². The summed E-state index contributed by atoms with van der Waals surface area (Å²) in [7, 11) is 1.58. The average Bonchev–Trinajstić information content (AvgIpc) is 2.35. The van der Waals surface area contributed by atoms with Gasteiger partial charge in [-0.15, -0.1) is 0 Å². The average molecular weight is 251 g/mol. The van der Waals surface area contributed by atoms with Gasteiger partial charge in [0.25, 0.3) is 0 Å². The highest BCUT2D eigenvalue weighted by Crippen LogP contribution is 2.14. The summed E-state index contributed by atoms with van der Waals surface area (Å²) in [6.45, 7) is 0.532. The summed E-state index contributed by atoms with van der Waals surface area (Å²) in [6, 6.07) is 7.02. The van der Waals surface area contributed by atoms with E-state index >= 15 is 0 Å². The number of nitrogens with two attached hydrogens (primary N) is 1. The molecule has 18 heavy (non-hydrogen) atoms. The molecule has 6 heteroatoms. The molecule has 4 N–H and O–H groups in total. The maximum absolute atomic E-state index is 11.5. The zero-order valence-electron chi connectivity index (χ0n) is 10.2. The molecule has 0 radical (unpaired) electrons. The van der Waals surface area contributed by atoms with Crippen molar-refractivity contribution in [1.82, 2.24) is 5.32 Å². The quantitative estimate of drug-likeness (QED) is 0.599. The maximum Gasteiger partial charge on any atom is 0.238 e. The van der Waals surface area contributed by atoms with Gasteiger partial charge >= 0.3 is 0 Å². The van der Waals surface area contributed by atoms with Crippen LogP contribution in [0.15, 0.2) is 24.3 Å². The minimum absolute atomic E-state index is 0.138. The van der Waals surface area contributed by atoms with E-state index in [4.69, 9.17) is 10.5 Å². The Balaban J connectivity index is 2.28. The molecule has 1 aromatic carbocycles. The van der Waals surface area contributed by atoms with Crippen molar-refractivity contribution in [2.45, 2.75) is 6.42 Å². The maximum atomic E-state index is 11.5. The third kappa shape index (κ3) is 5.31. The van der Waals surface area contributed by atoms with E-state index in [1.54, 1.807) is 31.4 Å². The fraction of sp³-hybridized carbons (Fsp3) is 0.333. The van der Waals surface area contributed by atoms with Gasteiger partial charge in [0, 0.05) is 18.7 Å². The number of hydrogen-bond donors (Lipinski definition) is 3. The Kier molecular flexibility index (Phi) is 5.66. The highest BCUT2D eigenvalue weighted by molar-refractivity contribution is 5.92. The van der Waals surface area contributed by atoms with Crippen molar-refractivity contribution in [1.29, 1.82) is 0 Å². The monoisotopic (exact) mass is 251 g/mol. The Labute approximate surface area is 105 Å². The largest absolute Gasteiger partial charge is 0.497 e. The Hall–Kier alpha value is -2.08. The van der Waals surface area contributed by atoms with E-state index in [0.29, 0.717) is 12.2 Å². The number of nitrogens with one attached hydrogen (secondary N) is 2. The molecule has 0 bridgehead atoms. The third-order valence-corrected chi connectivity index (χ3v) is 2.21. The van der Waals surface area contributed by atoms with Gasteiger partial charge < -0.3 is 21.1 Å². The molecule has 0 saturated carbocycles. The van der Waals surface area contributed by atoms with Gasteiger partial charge in [-0.1, -0.05) is 0 Å². The number of methoxy groups -OCH3 is 1. The van der Waals surface area contributed by atoms with Crippen LogP contribution >= 0.6 is 0 Å². The summed E-state index contributed by atoms with van der Waals surface area (Å²) < 4.78 is 5.01. The van der Waals surface area contributed by atoms with E-state index < -0.39 is 5.91 Å². The molecular weight excluding hydrogens is 234 g/mol. The summed E-state index contributed by atoms with van der Waals surface area (Å²) in [4.78, 5) is 22.0. The molecule has 1 rings (SSSR count). The number of amides is 2. The topological polar surface area (TPSA) is 93.4 Å². The number of carbonyl (C=O) groups excluding carboxylic acids is 2. The first-order chi connectivity index (χ1) is 8.61. The van der Waals surface area contributed by atoms with Crippen LogP contribution in [-0.4, -0.2) is 32.0 Å². The molecule has 0 atom stereocenters. The van der Waals surface area contributed by atoms with Crippen molar-refractivity contribution < 1.29 is 14.3 Å². The zero-order valence-corrected chi connectivity index (χ0v) is 10.2. The molecule has 0 saturated heterocycles. The lowest BCUT2D eigenvalue weighted by molar-refractivity contribution is -0.118. The normalized spacial score (nSPS) is 9.83. The molecule has 6 nitrogen and oxygen atoms in total. The van der Waals surface area contributed by atoms with Gasteiger partial charge in [0.2, 0.25) is 11.8 Å². The molecule has 0 aliphatic carbocycles. The third-order valence-electron chi connectivity index (χ3n) is 2.21. The second kappa shape index (κ2) is 7.29. The first-order valence-electron chi connectivity index (χ1n) is 5.54. The fourth-order valence-corrected chi connectivity index (χ4v) is 1.29. The predicted molar refractivity (Wildman–Crippen MR) is 68.3 cm³/mol. The number of anilines is 1.